The first-order valence-corrected chi connectivity index (χ1v) is 9.37. The summed E-state index contributed by atoms with van der Waals surface area (Å²) in [4.78, 5) is 13.0. The number of pyridine rings is 1. The Bertz CT molecular complexity index is 963. The van der Waals surface area contributed by atoms with E-state index in [9.17, 15) is 18.3 Å². The number of rotatable bonds is 7. The minimum absolute atomic E-state index is 0.0974. The zero-order chi connectivity index (χ0) is 21.7. The number of aromatic nitrogens is 3. The summed E-state index contributed by atoms with van der Waals surface area (Å²) in [5.74, 6) is 0.817. The lowest BCUT2D eigenvalue weighted by Gasteiger charge is -2.20. The van der Waals surface area contributed by atoms with Crippen LogP contribution >= 0.6 is 0 Å². The number of nitrogens with one attached hydrogen (secondary N) is 2. The predicted octanol–water partition coefficient (Wildman–Crippen LogP) is 4.73. The van der Waals surface area contributed by atoms with Crippen LogP contribution in [-0.2, 0) is 6.18 Å². The smallest absolute Gasteiger partial charge is 0.394 e. The molecule has 1 atom stereocenters. The third-order valence-electron chi connectivity index (χ3n) is 4.48. The molecule has 2 heterocycles. The first kappa shape index (κ1) is 21.5. The zero-order valence-corrected chi connectivity index (χ0v) is 16.5. The van der Waals surface area contributed by atoms with Crippen molar-refractivity contribution in [1.29, 1.82) is 0 Å². The highest BCUT2D eigenvalue weighted by Crippen LogP contribution is 2.30. The summed E-state index contributed by atoms with van der Waals surface area (Å²) >= 11 is 0. The van der Waals surface area contributed by atoms with Crippen molar-refractivity contribution in [3.8, 4) is 11.3 Å². The van der Waals surface area contributed by atoms with Gasteiger partial charge < -0.3 is 15.7 Å². The maximum Gasteiger partial charge on any atom is 0.416 e. The highest BCUT2D eigenvalue weighted by atomic mass is 19.4. The summed E-state index contributed by atoms with van der Waals surface area (Å²) in [5.41, 5.74) is 1.06. The third-order valence-corrected chi connectivity index (χ3v) is 4.48. The molecule has 0 unspecified atom stereocenters. The molecule has 3 aromatic rings. The molecule has 0 spiro atoms. The average molecular weight is 417 g/mol. The van der Waals surface area contributed by atoms with Crippen LogP contribution in [0, 0.1) is 5.92 Å². The van der Waals surface area contributed by atoms with Crippen LogP contribution in [-0.4, -0.2) is 32.7 Å². The number of halogens is 3. The van der Waals surface area contributed by atoms with Crippen LogP contribution < -0.4 is 10.6 Å². The van der Waals surface area contributed by atoms with Crippen molar-refractivity contribution in [2.75, 3.05) is 17.2 Å². The maximum atomic E-state index is 12.8. The molecule has 30 heavy (non-hydrogen) atoms. The first-order chi connectivity index (χ1) is 14.3. The predicted molar refractivity (Wildman–Crippen MR) is 109 cm³/mol. The molecule has 0 saturated carbocycles. The Morgan fingerprint density at radius 2 is 1.80 bits per heavy atom. The van der Waals surface area contributed by atoms with Crippen molar-refractivity contribution in [1.82, 2.24) is 15.0 Å². The molecule has 158 valence electrons. The van der Waals surface area contributed by atoms with Crippen molar-refractivity contribution < 1.29 is 18.3 Å². The van der Waals surface area contributed by atoms with Gasteiger partial charge in [-0.2, -0.15) is 18.2 Å². The zero-order valence-electron chi connectivity index (χ0n) is 16.5. The van der Waals surface area contributed by atoms with Gasteiger partial charge in [0.15, 0.2) is 0 Å². The molecule has 3 rings (SSSR count). The molecular weight excluding hydrogens is 395 g/mol. The van der Waals surface area contributed by atoms with Gasteiger partial charge in [-0.05, 0) is 42.3 Å². The van der Waals surface area contributed by atoms with Gasteiger partial charge in [0, 0.05) is 29.7 Å². The Morgan fingerprint density at radius 3 is 2.37 bits per heavy atom. The SMILES string of the molecule is CC(C)[C@H](CO)Nc1nc(Nc2ccc(C(F)(F)F)cc2)cc(-c2cccnc2)n1. The molecule has 0 bridgehead atoms. The van der Waals surface area contributed by atoms with E-state index >= 15 is 0 Å². The minimum Gasteiger partial charge on any atom is -0.394 e. The Balaban J connectivity index is 1.93. The van der Waals surface area contributed by atoms with Gasteiger partial charge in [0.2, 0.25) is 5.95 Å². The van der Waals surface area contributed by atoms with Gasteiger partial charge in [-0.3, -0.25) is 4.98 Å². The molecule has 0 aliphatic heterocycles. The van der Waals surface area contributed by atoms with Crippen LogP contribution in [0.2, 0.25) is 0 Å². The molecule has 0 radical (unpaired) electrons. The van der Waals surface area contributed by atoms with Crippen molar-refractivity contribution >= 4 is 17.5 Å². The Kier molecular flexibility index (Phi) is 6.51. The first-order valence-electron chi connectivity index (χ1n) is 9.37. The van der Waals surface area contributed by atoms with Gasteiger partial charge in [0.1, 0.15) is 5.82 Å². The molecule has 0 aliphatic carbocycles. The molecule has 3 N–H and O–H groups in total. The van der Waals surface area contributed by atoms with E-state index in [0.717, 1.165) is 17.7 Å². The number of hydrogen-bond acceptors (Lipinski definition) is 6. The monoisotopic (exact) mass is 417 g/mol. The number of hydrogen-bond donors (Lipinski definition) is 3. The van der Waals surface area contributed by atoms with Crippen molar-refractivity contribution in [2.45, 2.75) is 26.1 Å². The quantitative estimate of drug-likeness (QED) is 0.516. The minimum atomic E-state index is -4.39. The Hall–Kier alpha value is -3.20. The van der Waals surface area contributed by atoms with Gasteiger partial charge in [-0.25, -0.2) is 4.98 Å². The van der Waals surface area contributed by atoms with Gasteiger partial charge in [0.25, 0.3) is 0 Å². The number of anilines is 3. The van der Waals surface area contributed by atoms with Crippen LogP contribution in [0.15, 0.2) is 54.9 Å². The molecule has 2 aromatic heterocycles. The highest BCUT2D eigenvalue weighted by molar-refractivity contribution is 5.67. The molecular formula is C21H22F3N5O. The number of benzene rings is 1. The summed E-state index contributed by atoms with van der Waals surface area (Å²) in [6.45, 7) is 3.82. The van der Waals surface area contributed by atoms with Crippen LogP contribution in [0.1, 0.15) is 19.4 Å². The summed E-state index contributed by atoms with van der Waals surface area (Å²) in [5, 5.41) is 15.7. The molecule has 0 amide bonds. The van der Waals surface area contributed by atoms with E-state index in [-0.39, 0.29) is 18.6 Å². The Labute approximate surface area is 172 Å². The summed E-state index contributed by atoms with van der Waals surface area (Å²) in [7, 11) is 0. The van der Waals surface area contributed by atoms with Crippen LogP contribution in [0.5, 0.6) is 0 Å². The Morgan fingerprint density at radius 1 is 1.07 bits per heavy atom. The van der Waals surface area contributed by atoms with Crippen molar-refractivity contribution in [3.05, 3.63) is 60.4 Å². The molecule has 6 nitrogen and oxygen atoms in total. The van der Waals surface area contributed by atoms with Crippen LogP contribution in [0.25, 0.3) is 11.3 Å². The molecule has 1 aromatic carbocycles. The number of aliphatic hydroxyl groups excluding tert-OH is 1. The second kappa shape index (κ2) is 9.08. The van der Waals surface area contributed by atoms with Crippen LogP contribution in [0.4, 0.5) is 30.6 Å². The van der Waals surface area contributed by atoms with E-state index in [1.807, 2.05) is 19.9 Å². The second-order valence-electron chi connectivity index (χ2n) is 7.08. The van der Waals surface area contributed by atoms with Crippen molar-refractivity contribution in [2.24, 2.45) is 5.92 Å². The van der Waals surface area contributed by atoms with E-state index in [1.165, 1.54) is 12.1 Å². The third kappa shape index (κ3) is 5.44. The normalized spacial score (nSPS) is 12.6. The van der Waals surface area contributed by atoms with E-state index < -0.39 is 11.7 Å². The van der Waals surface area contributed by atoms with Gasteiger partial charge in [-0.1, -0.05) is 13.8 Å². The average Bonchev–Trinajstić information content (AvgIpc) is 2.72. The fraction of sp³-hybridized carbons (Fsp3) is 0.286. The lowest BCUT2D eigenvalue weighted by Crippen LogP contribution is -2.30. The fourth-order valence-electron chi connectivity index (χ4n) is 2.72. The standard InChI is InChI=1S/C21H22F3N5O/c1-13(2)18(12-30)28-20-27-17(14-4-3-9-25-11-14)10-19(29-20)26-16-7-5-15(6-8-16)21(22,23)24/h3-11,13,18,30H,12H2,1-2H3,(H2,26,27,28,29)/t18-/m0/s1. The fourth-order valence-corrected chi connectivity index (χ4v) is 2.72. The summed E-state index contributed by atoms with van der Waals surface area (Å²) in [6.07, 6.45) is -1.10. The lowest BCUT2D eigenvalue weighted by atomic mass is 10.1. The number of alkyl halides is 3. The topological polar surface area (TPSA) is 83.0 Å². The van der Waals surface area contributed by atoms with Gasteiger partial charge >= 0.3 is 6.18 Å². The molecule has 0 fully saturated rings. The number of nitrogens with zero attached hydrogens (tertiary/aromatic N) is 3. The number of aliphatic hydroxyl groups is 1. The van der Waals surface area contributed by atoms with Crippen LogP contribution in [0.3, 0.4) is 0 Å². The summed E-state index contributed by atoms with van der Waals surface area (Å²) in [6, 6.07) is 9.73. The molecule has 0 saturated heterocycles. The van der Waals surface area contributed by atoms with E-state index in [1.54, 1.807) is 24.5 Å². The highest BCUT2D eigenvalue weighted by Gasteiger charge is 2.30. The summed E-state index contributed by atoms with van der Waals surface area (Å²) < 4.78 is 38.4. The van der Waals surface area contributed by atoms with E-state index in [2.05, 4.69) is 25.6 Å². The second-order valence-corrected chi connectivity index (χ2v) is 7.08. The van der Waals surface area contributed by atoms with Gasteiger partial charge in [0.05, 0.1) is 23.9 Å². The maximum absolute atomic E-state index is 12.8. The van der Waals surface area contributed by atoms with E-state index in [0.29, 0.717) is 23.1 Å². The van der Waals surface area contributed by atoms with Crippen molar-refractivity contribution in [3.63, 3.8) is 0 Å². The lowest BCUT2D eigenvalue weighted by molar-refractivity contribution is -0.137. The molecule has 9 heteroatoms. The van der Waals surface area contributed by atoms with E-state index in [4.69, 9.17) is 0 Å². The van der Waals surface area contributed by atoms with Gasteiger partial charge in [-0.15, -0.1) is 0 Å². The largest absolute Gasteiger partial charge is 0.416 e. The molecule has 0 aliphatic rings.